The van der Waals surface area contributed by atoms with Crippen LogP contribution in [0.1, 0.15) is 22.5 Å². The zero-order valence-corrected chi connectivity index (χ0v) is 15.7. The summed E-state index contributed by atoms with van der Waals surface area (Å²) < 4.78 is 3.53. The van der Waals surface area contributed by atoms with Crippen LogP contribution in [0.5, 0.6) is 0 Å². The second kappa shape index (κ2) is 7.58. The summed E-state index contributed by atoms with van der Waals surface area (Å²) in [5, 5.41) is 12.1. The van der Waals surface area contributed by atoms with Crippen LogP contribution in [-0.2, 0) is 18.4 Å². The van der Waals surface area contributed by atoms with Crippen LogP contribution in [0.15, 0.2) is 42.6 Å². The molecule has 134 valence electrons. The first kappa shape index (κ1) is 17.9. The van der Waals surface area contributed by atoms with Gasteiger partial charge in [-0.25, -0.2) is 0 Å². The molecule has 7 heteroatoms. The summed E-state index contributed by atoms with van der Waals surface area (Å²) in [4.78, 5) is 12.1. The van der Waals surface area contributed by atoms with E-state index in [2.05, 4.69) is 15.5 Å². The number of hydrogen-bond donors (Lipinski definition) is 1. The molecule has 0 atom stereocenters. The summed E-state index contributed by atoms with van der Waals surface area (Å²) in [6, 6.07) is 9.45. The van der Waals surface area contributed by atoms with Gasteiger partial charge < -0.3 is 5.32 Å². The molecule has 1 amide bonds. The molecular weight excluding hydrogens is 350 g/mol. The lowest BCUT2D eigenvalue weighted by Crippen LogP contribution is -2.08. The van der Waals surface area contributed by atoms with Crippen molar-refractivity contribution in [2.24, 2.45) is 7.05 Å². The van der Waals surface area contributed by atoms with Crippen molar-refractivity contribution in [1.29, 1.82) is 0 Å². The Hall–Kier alpha value is -2.86. The minimum atomic E-state index is -0.235. The molecule has 0 aliphatic rings. The van der Waals surface area contributed by atoms with Gasteiger partial charge in [-0.1, -0.05) is 29.8 Å². The number of carbonyl (C=O) groups is 1. The summed E-state index contributed by atoms with van der Waals surface area (Å²) >= 11 is 6.24. The lowest BCUT2D eigenvalue weighted by molar-refractivity contribution is -0.111. The molecule has 0 aliphatic carbocycles. The summed E-state index contributed by atoms with van der Waals surface area (Å²) in [6.07, 6.45) is 5.04. The van der Waals surface area contributed by atoms with Gasteiger partial charge in [-0.3, -0.25) is 14.2 Å². The van der Waals surface area contributed by atoms with Gasteiger partial charge in [0.2, 0.25) is 5.91 Å². The summed E-state index contributed by atoms with van der Waals surface area (Å²) in [5.41, 5.74) is 3.76. The van der Waals surface area contributed by atoms with Crippen LogP contribution >= 0.6 is 11.6 Å². The van der Waals surface area contributed by atoms with Crippen LogP contribution in [-0.4, -0.2) is 25.5 Å². The number of amides is 1. The van der Waals surface area contributed by atoms with Gasteiger partial charge in [-0.15, -0.1) is 0 Å². The summed E-state index contributed by atoms with van der Waals surface area (Å²) in [6.45, 7) is 4.49. The second-order valence-electron chi connectivity index (χ2n) is 6.03. The highest BCUT2D eigenvalue weighted by molar-refractivity contribution is 6.31. The molecule has 2 aromatic heterocycles. The van der Waals surface area contributed by atoms with E-state index in [0.29, 0.717) is 17.4 Å². The van der Waals surface area contributed by atoms with Gasteiger partial charge in [0, 0.05) is 41.7 Å². The minimum Gasteiger partial charge on any atom is -0.306 e. The number of carbonyl (C=O) groups excluding carboxylic acids is 1. The molecule has 3 aromatic rings. The van der Waals surface area contributed by atoms with Gasteiger partial charge in [0.05, 0.1) is 12.2 Å². The fourth-order valence-electron chi connectivity index (χ4n) is 2.70. The van der Waals surface area contributed by atoms with Crippen molar-refractivity contribution in [3.8, 4) is 0 Å². The van der Waals surface area contributed by atoms with Crippen molar-refractivity contribution in [3.05, 3.63) is 70.1 Å². The van der Waals surface area contributed by atoms with Crippen molar-refractivity contribution >= 4 is 29.4 Å². The minimum absolute atomic E-state index is 0.235. The average molecular weight is 370 g/mol. The SMILES string of the molecule is Cc1nn(Cc2ccccc2Cl)c(C)c1/C=C/C(=O)Nc1ccn(C)n1. The van der Waals surface area contributed by atoms with Crippen LogP contribution in [0, 0.1) is 13.8 Å². The molecule has 0 saturated carbocycles. The van der Waals surface area contributed by atoms with Crippen molar-refractivity contribution in [3.63, 3.8) is 0 Å². The van der Waals surface area contributed by atoms with Crippen molar-refractivity contribution < 1.29 is 4.79 Å². The van der Waals surface area contributed by atoms with E-state index in [1.54, 1.807) is 30.1 Å². The first-order chi connectivity index (χ1) is 12.4. The van der Waals surface area contributed by atoms with E-state index in [1.807, 2.05) is 42.8 Å². The number of aromatic nitrogens is 4. The quantitative estimate of drug-likeness (QED) is 0.699. The van der Waals surface area contributed by atoms with Gasteiger partial charge >= 0.3 is 0 Å². The van der Waals surface area contributed by atoms with Gasteiger partial charge in [0.15, 0.2) is 5.82 Å². The molecule has 0 fully saturated rings. The Kier molecular flexibility index (Phi) is 5.23. The van der Waals surface area contributed by atoms with E-state index in [-0.39, 0.29) is 5.91 Å². The third-order valence-electron chi connectivity index (χ3n) is 4.08. The highest BCUT2D eigenvalue weighted by Gasteiger charge is 2.11. The Morgan fingerprint density at radius 2 is 2.00 bits per heavy atom. The number of halogens is 1. The van der Waals surface area contributed by atoms with Gasteiger partial charge in [-0.05, 0) is 31.6 Å². The van der Waals surface area contributed by atoms with E-state index in [9.17, 15) is 4.79 Å². The lowest BCUT2D eigenvalue weighted by atomic mass is 10.1. The maximum absolute atomic E-state index is 12.1. The molecule has 0 unspecified atom stereocenters. The lowest BCUT2D eigenvalue weighted by Gasteiger charge is -2.06. The fraction of sp³-hybridized carbons (Fsp3) is 0.211. The first-order valence-corrected chi connectivity index (χ1v) is 8.58. The van der Waals surface area contributed by atoms with Crippen molar-refractivity contribution in [2.45, 2.75) is 20.4 Å². The normalized spacial score (nSPS) is 11.2. The maximum Gasteiger partial charge on any atom is 0.249 e. The Morgan fingerprint density at radius 3 is 2.69 bits per heavy atom. The molecule has 0 aliphatic heterocycles. The predicted molar refractivity (Wildman–Crippen MR) is 103 cm³/mol. The highest BCUT2D eigenvalue weighted by Crippen LogP contribution is 2.20. The Bertz CT molecular complexity index is 970. The smallest absolute Gasteiger partial charge is 0.249 e. The molecule has 26 heavy (non-hydrogen) atoms. The number of hydrogen-bond acceptors (Lipinski definition) is 3. The van der Waals surface area contributed by atoms with E-state index in [0.717, 1.165) is 22.5 Å². The largest absolute Gasteiger partial charge is 0.306 e. The number of benzene rings is 1. The molecule has 0 radical (unpaired) electrons. The topological polar surface area (TPSA) is 64.7 Å². The molecule has 2 heterocycles. The van der Waals surface area contributed by atoms with Crippen molar-refractivity contribution in [2.75, 3.05) is 5.32 Å². The molecular formula is C19H20ClN5O. The molecule has 0 bridgehead atoms. The number of aryl methyl sites for hydroxylation is 2. The third kappa shape index (κ3) is 4.03. The van der Waals surface area contributed by atoms with E-state index >= 15 is 0 Å². The summed E-state index contributed by atoms with van der Waals surface area (Å²) in [5.74, 6) is 0.284. The zero-order valence-electron chi connectivity index (χ0n) is 14.9. The summed E-state index contributed by atoms with van der Waals surface area (Å²) in [7, 11) is 1.80. The highest BCUT2D eigenvalue weighted by atomic mass is 35.5. The molecule has 0 spiro atoms. The standard InChI is InChI=1S/C19H20ClN5O/c1-13-16(8-9-19(26)21-18-10-11-24(3)23-18)14(2)25(22-13)12-15-6-4-5-7-17(15)20/h4-11H,12H2,1-3H3,(H,21,23,26)/b9-8+. The monoisotopic (exact) mass is 369 g/mol. The number of rotatable bonds is 5. The molecule has 0 saturated heterocycles. The molecule has 1 aromatic carbocycles. The van der Waals surface area contributed by atoms with Crippen LogP contribution < -0.4 is 5.32 Å². The van der Waals surface area contributed by atoms with Crippen LogP contribution in [0.4, 0.5) is 5.82 Å². The molecule has 1 N–H and O–H groups in total. The van der Waals surface area contributed by atoms with E-state index < -0.39 is 0 Å². The average Bonchev–Trinajstić information content (AvgIpc) is 3.11. The van der Waals surface area contributed by atoms with Crippen LogP contribution in [0.25, 0.3) is 6.08 Å². The van der Waals surface area contributed by atoms with Gasteiger partial charge in [-0.2, -0.15) is 10.2 Å². The van der Waals surface area contributed by atoms with Gasteiger partial charge in [0.1, 0.15) is 0 Å². The van der Waals surface area contributed by atoms with Gasteiger partial charge in [0.25, 0.3) is 0 Å². The van der Waals surface area contributed by atoms with Crippen molar-refractivity contribution in [1.82, 2.24) is 19.6 Å². The van der Waals surface area contributed by atoms with Crippen LogP contribution in [0.2, 0.25) is 5.02 Å². The van der Waals surface area contributed by atoms with E-state index in [1.165, 1.54) is 6.08 Å². The Balaban J connectivity index is 1.75. The van der Waals surface area contributed by atoms with Crippen LogP contribution in [0.3, 0.4) is 0 Å². The van der Waals surface area contributed by atoms with E-state index in [4.69, 9.17) is 11.6 Å². The Labute approximate surface area is 157 Å². The number of nitrogens with zero attached hydrogens (tertiary/aromatic N) is 4. The Morgan fingerprint density at radius 1 is 1.23 bits per heavy atom. The first-order valence-electron chi connectivity index (χ1n) is 8.20. The predicted octanol–water partition coefficient (Wildman–Crippen LogP) is 3.59. The fourth-order valence-corrected chi connectivity index (χ4v) is 2.90. The molecule has 6 nitrogen and oxygen atoms in total. The second-order valence-corrected chi connectivity index (χ2v) is 6.44. The zero-order chi connectivity index (χ0) is 18.7. The third-order valence-corrected chi connectivity index (χ3v) is 4.45. The molecule has 3 rings (SSSR count). The number of anilines is 1. The number of nitrogens with one attached hydrogen (secondary N) is 1. The maximum atomic E-state index is 12.1.